The lowest BCUT2D eigenvalue weighted by atomic mass is 10.0. The highest BCUT2D eigenvalue weighted by molar-refractivity contribution is 6.02. The molecule has 1 N–H and O–H groups in total. The molecule has 6 heteroatoms. The van der Waals surface area contributed by atoms with Crippen LogP contribution in [-0.4, -0.2) is 20.4 Å². The van der Waals surface area contributed by atoms with Crippen LogP contribution in [0.3, 0.4) is 0 Å². The second-order valence-corrected chi connectivity index (χ2v) is 5.41. The van der Waals surface area contributed by atoms with Gasteiger partial charge in [0, 0.05) is 36.4 Å². The molecule has 0 atom stereocenters. The molecule has 3 rings (SSSR count). The first-order valence-corrected chi connectivity index (χ1v) is 7.62. The lowest BCUT2D eigenvalue weighted by Gasteiger charge is -2.11. The first kappa shape index (κ1) is 15.9. The van der Waals surface area contributed by atoms with Crippen molar-refractivity contribution in [3.05, 3.63) is 66.3 Å². The fourth-order valence-corrected chi connectivity index (χ4v) is 2.46. The first-order chi connectivity index (χ1) is 11.6. The molecule has 0 unspecified atom stereocenters. The molecule has 0 spiro atoms. The summed E-state index contributed by atoms with van der Waals surface area (Å²) in [5.41, 5.74) is 3.00. The average molecular weight is 324 g/mol. The molecule has 0 aliphatic heterocycles. The van der Waals surface area contributed by atoms with Crippen molar-refractivity contribution in [3.8, 4) is 11.1 Å². The van der Waals surface area contributed by atoms with E-state index in [1.807, 2.05) is 32.0 Å². The molecular weight excluding hydrogens is 307 g/mol. The molecule has 1 aromatic carbocycles. The van der Waals surface area contributed by atoms with E-state index in [2.05, 4.69) is 15.3 Å². The van der Waals surface area contributed by atoms with Crippen LogP contribution in [0.2, 0.25) is 0 Å². The van der Waals surface area contributed by atoms with Crippen LogP contribution < -0.4 is 5.32 Å². The van der Waals surface area contributed by atoms with Crippen molar-refractivity contribution in [2.45, 2.75) is 20.4 Å². The predicted octanol–water partition coefficient (Wildman–Crippen LogP) is 3.66. The second-order valence-electron chi connectivity index (χ2n) is 5.41. The Hall–Kier alpha value is -3.02. The summed E-state index contributed by atoms with van der Waals surface area (Å²) in [6, 6.07) is 6.96. The maximum atomic E-state index is 13.4. The van der Waals surface area contributed by atoms with Crippen molar-refractivity contribution in [1.29, 1.82) is 0 Å². The summed E-state index contributed by atoms with van der Waals surface area (Å²) < 4.78 is 15.1. The summed E-state index contributed by atoms with van der Waals surface area (Å²) in [6.45, 7) is 4.51. The Morgan fingerprint density at radius 2 is 2.08 bits per heavy atom. The Labute approximate surface area is 139 Å². The molecule has 2 heterocycles. The third kappa shape index (κ3) is 3.17. The van der Waals surface area contributed by atoms with E-state index in [1.165, 1.54) is 6.07 Å². The summed E-state index contributed by atoms with van der Waals surface area (Å²) in [5.74, 6) is -0.321. The SMILES string of the molecule is CCn1ccnc1C(=O)Nc1cc(-c2cncc(F)c2)ccc1C. The van der Waals surface area contributed by atoms with Gasteiger partial charge in [-0.05, 0) is 37.1 Å². The number of rotatable bonds is 4. The molecule has 3 aromatic rings. The molecule has 0 saturated carbocycles. The van der Waals surface area contributed by atoms with Crippen LogP contribution in [0.1, 0.15) is 23.1 Å². The van der Waals surface area contributed by atoms with Crippen molar-refractivity contribution in [3.63, 3.8) is 0 Å². The maximum Gasteiger partial charge on any atom is 0.291 e. The monoisotopic (exact) mass is 324 g/mol. The number of hydrogen-bond acceptors (Lipinski definition) is 3. The van der Waals surface area contributed by atoms with Crippen molar-refractivity contribution in [2.24, 2.45) is 0 Å². The minimum absolute atomic E-state index is 0.278. The second kappa shape index (κ2) is 6.62. The summed E-state index contributed by atoms with van der Waals surface area (Å²) in [4.78, 5) is 20.4. The molecule has 0 radical (unpaired) electrons. The number of hydrogen-bond donors (Lipinski definition) is 1. The zero-order chi connectivity index (χ0) is 17.1. The highest BCUT2D eigenvalue weighted by Crippen LogP contribution is 2.25. The van der Waals surface area contributed by atoms with E-state index >= 15 is 0 Å². The van der Waals surface area contributed by atoms with Gasteiger partial charge in [0.25, 0.3) is 5.91 Å². The summed E-state index contributed by atoms with van der Waals surface area (Å²) >= 11 is 0. The van der Waals surface area contributed by atoms with Gasteiger partial charge in [0.1, 0.15) is 5.82 Å². The van der Waals surface area contributed by atoms with E-state index in [9.17, 15) is 9.18 Å². The van der Waals surface area contributed by atoms with E-state index in [-0.39, 0.29) is 5.91 Å². The molecule has 0 fully saturated rings. The minimum Gasteiger partial charge on any atom is -0.327 e. The number of nitrogens with one attached hydrogen (secondary N) is 1. The largest absolute Gasteiger partial charge is 0.327 e. The van der Waals surface area contributed by atoms with Crippen LogP contribution in [0.25, 0.3) is 11.1 Å². The quantitative estimate of drug-likeness (QED) is 0.796. The number of anilines is 1. The van der Waals surface area contributed by atoms with Gasteiger partial charge in [-0.15, -0.1) is 0 Å². The van der Waals surface area contributed by atoms with Gasteiger partial charge in [0.15, 0.2) is 5.82 Å². The summed E-state index contributed by atoms with van der Waals surface area (Å²) in [6.07, 6.45) is 6.10. The van der Waals surface area contributed by atoms with Crippen LogP contribution in [0.4, 0.5) is 10.1 Å². The Morgan fingerprint density at radius 1 is 1.25 bits per heavy atom. The van der Waals surface area contributed by atoms with Gasteiger partial charge in [-0.3, -0.25) is 9.78 Å². The van der Waals surface area contributed by atoms with Crippen molar-refractivity contribution >= 4 is 11.6 Å². The topological polar surface area (TPSA) is 59.8 Å². The van der Waals surface area contributed by atoms with Crippen molar-refractivity contribution in [1.82, 2.24) is 14.5 Å². The van der Waals surface area contributed by atoms with Gasteiger partial charge in [0.05, 0.1) is 6.20 Å². The number of pyridine rings is 1. The Bertz CT molecular complexity index is 888. The van der Waals surface area contributed by atoms with Crippen molar-refractivity contribution in [2.75, 3.05) is 5.32 Å². The fraction of sp³-hybridized carbons (Fsp3) is 0.167. The van der Waals surface area contributed by atoms with Gasteiger partial charge in [-0.25, -0.2) is 9.37 Å². The highest BCUT2D eigenvalue weighted by atomic mass is 19.1. The number of halogens is 1. The maximum absolute atomic E-state index is 13.4. The lowest BCUT2D eigenvalue weighted by Crippen LogP contribution is -2.18. The number of carbonyl (C=O) groups excluding carboxylic acids is 1. The summed E-state index contributed by atoms with van der Waals surface area (Å²) in [5, 5.41) is 2.88. The molecule has 2 aromatic heterocycles. The van der Waals surface area contributed by atoms with E-state index in [1.54, 1.807) is 23.2 Å². The van der Waals surface area contributed by atoms with Crippen LogP contribution in [0.15, 0.2) is 49.1 Å². The molecule has 1 amide bonds. The number of amides is 1. The van der Waals surface area contributed by atoms with Gasteiger partial charge in [-0.2, -0.15) is 0 Å². The van der Waals surface area contributed by atoms with Crippen LogP contribution >= 0.6 is 0 Å². The molecule has 0 aliphatic rings. The molecule has 122 valence electrons. The number of carbonyl (C=O) groups is 1. The third-order valence-electron chi connectivity index (χ3n) is 3.78. The average Bonchev–Trinajstić information content (AvgIpc) is 3.05. The molecular formula is C18H17FN4O. The Kier molecular flexibility index (Phi) is 4.37. The Morgan fingerprint density at radius 3 is 2.83 bits per heavy atom. The van der Waals surface area contributed by atoms with E-state index in [0.29, 0.717) is 23.6 Å². The standard InChI is InChI=1S/C18H17FN4O/c1-3-23-7-6-21-17(23)18(24)22-16-9-13(5-4-12(16)2)14-8-15(19)11-20-10-14/h4-11H,3H2,1-2H3,(H,22,24). The number of nitrogens with zero attached hydrogens (tertiary/aromatic N) is 3. The number of imidazole rings is 1. The van der Waals surface area contributed by atoms with E-state index in [4.69, 9.17) is 0 Å². The smallest absolute Gasteiger partial charge is 0.291 e. The number of benzene rings is 1. The van der Waals surface area contributed by atoms with E-state index < -0.39 is 5.82 Å². The van der Waals surface area contributed by atoms with E-state index in [0.717, 1.165) is 17.3 Å². The predicted molar refractivity (Wildman–Crippen MR) is 90.2 cm³/mol. The molecule has 5 nitrogen and oxygen atoms in total. The van der Waals surface area contributed by atoms with Crippen LogP contribution in [0, 0.1) is 12.7 Å². The zero-order valence-corrected chi connectivity index (χ0v) is 13.5. The highest BCUT2D eigenvalue weighted by Gasteiger charge is 2.14. The fourth-order valence-electron chi connectivity index (χ4n) is 2.46. The molecule has 0 bridgehead atoms. The van der Waals surface area contributed by atoms with Crippen LogP contribution in [0.5, 0.6) is 0 Å². The van der Waals surface area contributed by atoms with Gasteiger partial charge in [0.2, 0.25) is 0 Å². The van der Waals surface area contributed by atoms with Gasteiger partial charge in [-0.1, -0.05) is 12.1 Å². The molecule has 0 saturated heterocycles. The molecule has 0 aliphatic carbocycles. The first-order valence-electron chi connectivity index (χ1n) is 7.62. The molecule has 24 heavy (non-hydrogen) atoms. The normalized spacial score (nSPS) is 10.6. The van der Waals surface area contributed by atoms with Gasteiger partial charge < -0.3 is 9.88 Å². The lowest BCUT2D eigenvalue weighted by molar-refractivity contribution is 0.101. The third-order valence-corrected chi connectivity index (χ3v) is 3.78. The number of aryl methyl sites for hydroxylation is 2. The summed E-state index contributed by atoms with van der Waals surface area (Å²) in [7, 11) is 0. The minimum atomic E-state index is -0.399. The Balaban J connectivity index is 1.91. The van der Waals surface area contributed by atoms with Gasteiger partial charge >= 0.3 is 0 Å². The zero-order valence-electron chi connectivity index (χ0n) is 13.5. The van der Waals surface area contributed by atoms with Crippen LogP contribution in [-0.2, 0) is 6.54 Å². The van der Waals surface area contributed by atoms with Crippen molar-refractivity contribution < 1.29 is 9.18 Å². The number of aromatic nitrogens is 3.